The normalized spacial score (nSPS) is 17.1. The van der Waals surface area contributed by atoms with Gasteiger partial charge in [-0.1, -0.05) is 12.8 Å². The molecule has 0 aromatic carbocycles. The van der Waals surface area contributed by atoms with E-state index in [1.807, 2.05) is 11.6 Å². The lowest BCUT2D eigenvalue weighted by Crippen LogP contribution is -2.34. The van der Waals surface area contributed by atoms with E-state index in [2.05, 4.69) is 10.4 Å². The summed E-state index contributed by atoms with van der Waals surface area (Å²) in [5, 5.41) is 15.7. The van der Waals surface area contributed by atoms with Crippen LogP contribution in [0.5, 0.6) is 0 Å². The average Bonchev–Trinajstić information content (AvgIpc) is 3.05. The highest BCUT2D eigenvalue weighted by atomic mass is 16.4. The molecule has 20 heavy (non-hydrogen) atoms. The molecule has 1 fully saturated rings. The Labute approximate surface area is 118 Å². The van der Waals surface area contributed by atoms with Gasteiger partial charge in [0.1, 0.15) is 5.69 Å². The lowest BCUT2D eigenvalue weighted by atomic mass is 10.2. The Hall–Kier alpha value is -1.85. The number of carboxylic acids is 1. The van der Waals surface area contributed by atoms with Crippen LogP contribution in [0.3, 0.4) is 0 Å². The predicted molar refractivity (Wildman–Crippen MR) is 73.5 cm³/mol. The summed E-state index contributed by atoms with van der Waals surface area (Å²) in [4.78, 5) is 22.7. The molecule has 2 N–H and O–H groups in total. The van der Waals surface area contributed by atoms with Gasteiger partial charge in [-0.25, -0.2) is 0 Å². The first kappa shape index (κ1) is 14.6. The van der Waals surface area contributed by atoms with Crippen LogP contribution in [0.2, 0.25) is 0 Å². The van der Waals surface area contributed by atoms with Crippen LogP contribution in [-0.4, -0.2) is 32.8 Å². The summed E-state index contributed by atoms with van der Waals surface area (Å²) in [5.74, 6) is -1.02. The van der Waals surface area contributed by atoms with Crippen LogP contribution in [0.25, 0.3) is 0 Å². The number of hydrogen-bond donors (Lipinski definition) is 2. The second-order valence-electron chi connectivity index (χ2n) is 5.41. The number of hydrogen-bond acceptors (Lipinski definition) is 3. The smallest absolute Gasteiger partial charge is 0.303 e. The van der Waals surface area contributed by atoms with Crippen molar-refractivity contribution in [2.24, 2.45) is 0 Å². The fourth-order valence-corrected chi connectivity index (χ4v) is 2.64. The van der Waals surface area contributed by atoms with Gasteiger partial charge in [0.25, 0.3) is 5.91 Å². The van der Waals surface area contributed by atoms with Gasteiger partial charge in [0, 0.05) is 18.7 Å². The van der Waals surface area contributed by atoms with Crippen molar-refractivity contribution < 1.29 is 14.7 Å². The van der Waals surface area contributed by atoms with Crippen LogP contribution in [0.4, 0.5) is 0 Å². The number of carbonyl (C=O) groups excluding carboxylic acids is 1. The zero-order valence-electron chi connectivity index (χ0n) is 11.7. The fraction of sp³-hybridized carbons (Fsp3) is 0.643. The Morgan fingerprint density at radius 1 is 1.50 bits per heavy atom. The number of carboxylic acid groups (broad SMARTS) is 1. The van der Waals surface area contributed by atoms with Gasteiger partial charge in [-0.3, -0.25) is 14.3 Å². The second kappa shape index (κ2) is 6.54. The van der Waals surface area contributed by atoms with E-state index in [1.54, 1.807) is 12.3 Å². The maximum absolute atomic E-state index is 12.2. The van der Waals surface area contributed by atoms with Gasteiger partial charge in [0.15, 0.2) is 0 Å². The summed E-state index contributed by atoms with van der Waals surface area (Å²) in [6.07, 6.45) is 6.63. The second-order valence-corrected chi connectivity index (χ2v) is 5.41. The van der Waals surface area contributed by atoms with Crippen molar-refractivity contribution in [2.45, 2.75) is 57.5 Å². The molecule has 1 aliphatic carbocycles. The van der Waals surface area contributed by atoms with E-state index in [0.717, 1.165) is 12.8 Å². The molecule has 1 aromatic heterocycles. The molecule has 1 heterocycles. The maximum Gasteiger partial charge on any atom is 0.303 e. The van der Waals surface area contributed by atoms with Crippen molar-refractivity contribution in [1.29, 1.82) is 0 Å². The topological polar surface area (TPSA) is 84.2 Å². The minimum atomic E-state index is -0.845. The lowest BCUT2D eigenvalue weighted by molar-refractivity contribution is -0.137. The van der Waals surface area contributed by atoms with Crippen LogP contribution < -0.4 is 5.32 Å². The Kier molecular flexibility index (Phi) is 4.76. The highest BCUT2D eigenvalue weighted by molar-refractivity contribution is 5.92. The SMILES string of the molecule is CC(CCC(=O)O)NC(=O)c1ccnn1C1CCCC1. The maximum atomic E-state index is 12.2. The quantitative estimate of drug-likeness (QED) is 0.834. The van der Waals surface area contributed by atoms with E-state index in [9.17, 15) is 9.59 Å². The Morgan fingerprint density at radius 3 is 2.85 bits per heavy atom. The molecule has 1 atom stereocenters. The molecular formula is C14H21N3O3. The third-order valence-corrected chi connectivity index (χ3v) is 3.74. The molecule has 6 heteroatoms. The predicted octanol–water partition coefficient (Wildman–Crippen LogP) is 1.98. The van der Waals surface area contributed by atoms with Crippen LogP contribution >= 0.6 is 0 Å². The lowest BCUT2D eigenvalue weighted by Gasteiger charge is -2.16. The molecular weight excluding hydrogens is 258 g/mol. The van der Waals surface area contributed by atoms with E-state index < -0.39 is 5.97 Å². The molecule has 0 aliphatic heterocycles. The zero-order valence-corrected chi connectivity index (χ0v) is 11.7. The van der Waals surface area contributed by atoms with E-state index in [0.29, 0.717) is 18.2 Å². The molecule has 6 nitrogen and oxygen atoms in total. The fourth-order valence-electron chi connectivity index (χ4n) is 2.64. The van der Waals surface area contributed by atoms with E-state index in [-0.39, 0.29) is 18.4 Å². The average molecular weight is 279 g/mol. The van der Waals surface area contributed by atoms with Crippen LogP contribution in [0.15, 0.2) is 12.3 Å². The summed E-state index contributed by atoms with van der Waals surface area (Å²) < 4.78 is 1.81. The van der Waals surface area contributed by atoms with Crippen molar-refractivity contribution in [1.82, 2.24) is 15.1 Å². The molecule has 0 saturated heterocycles. The van der Waals surface area contributed by atoms with Crippen molar-refractivity contribution in [3.63, 3.8) is 0 Å². The summed E-state index contributed by atoms with van der Waals surface area (Å²) in [6, 6.07) is 1.88. The summed E-state index contributed by atoms with van der Waals surface area (Å²) in [5.41, 5.74) is 0.569. The van der Waals surface area contributed by atoms with Crippen LogP contribution in [0, 0.1) is 0 Å². The minimum Gasteiger partial charge on any atom is -0.481 e. The highest BCUT2D eigenvalue weighted by Gasteiger charge is 2.23. The molecule has 2 rings (SSSR count). The molecule has 1 amide bonds. The Morgan fingerprint density at radius 2 is 2.20 bits per heavy atom. The number of nitrogens with one attached hydrogen (secondary N) is 1. The van der Waals surface area contributed by atoms with Gasteiger partial charge >= 0.3 is 5.97 Å². The van der Waals surface area contributed by atoms with E-state index in [4.69, 9.17) is 5.11 Å². The number of aliphatic carboxylic acids is 1. The number of rotatable bonds is 6. The van der Waals surface area contributed by atoms with Crippen molar-refractivity contribution in [3.8, 4) is 0 Å². The van der Waals surface area contributed by atoms with Crippen molar-refractivity contribution in [3.05, 3.63) is 18.0 Å². The Bertz CT molecular complexity index is 478. The molecule has 0 bridgehead atoms. The number of nitrogens with zero attached hydrogens (tertiary/aromatic N) is 2. The summed E-state index contributed by atoms with van der Waals surface area (Å²) in [6.45, 7) is 1.82. The Balaban J connectivity index is 1.95. The van der Waals surface area contributed by atoms with Gasteiger partial charge in [-0.2, -0.15) is 5.10 Å². The number of amides is 1. The third kappa shape index (κ3) is 3.59. The van der Waals surface area contributed by atoms with Gasteiger partial charge < -0.3 is 10.4 Å². The highest BCUT2D eigenvalue weighted by Crippen LogP contribution is 2.29. The molecule has 110 valence electrons. The first-order valence-electron chi connectivity index (χ1n) is 7.14. The molecule has 1 aromatic rings. The van der Waals surface area contributed by atoms with Gasteiger partial charge in [0.05, 0.1) is 6.04 Å². The van der Waals surface area contributed by atoms with Gasteiger partial charge in [-0.05, 0) is 32.3 Å². The first-order valence-corrected chi connectivity index (χ1v) is 7.14. The molecule has 0 spiro atoms. The largest absolute Gasteiger partial charge is 0.481 e. The molecule has 1 saturated carbocycles. The zero-order chi connectivity index (χ0) is 14.5. The van der Waals surface area contributed by atoms with Gasteiger partial charge in [-0.15, -0.1) is 0 Å². The van der Waals surface area contributed by atoms with Crippen LogP contribution in [-0.2, 0) is 4.79 Å². The summed E-state index contributed by atoms with van der Waals surface area (Å²) in [7, 11) is 0. The number of aromatic nitrogens is 2. The van der Waals surface area contributed by atoms with Gasteiger partial charge in [0.2, 0.25) is 0 Å². The van der Waals surface area contributed by atoms with E-state index in [1.165, 1.54) is 12.8 Å². The number of carbonyl (C=O) groups is 2. The molecule has 0 radical (unpaired) electrons. The monoisotopic (exact) mass is 279 g/mol. The standard InChI is InChI=1S/C14H21N3O3/c1-10(6-7-13(18)19)16-14(20)12-8-9-15-17(12)11-4-2-3-5-11/h8-11H,2-7H2,1H3,(H,16,20)(H,18,19). The minimum absolute atomic E-state index is 0.0589. The van der Waals surface area contributed by atoms with Crippen LogP contribution in [0.1, 0.15) is 62.0 Å². The summed E-state index contributed by atoms with van der Waals surface area (Å²) >= 11 is 0. The molecule has 1 unspecified atom stereocenters. The third-order valence-electron chi connectivity index (χ3n) is 3.74. The van der Waals surface area contributed by atoms with Crippen molar-refractivity contribution in [2.75, 3.05) is 0 Å². The molecule has 1 aliphatic rings. The first-order chi connectivity index (χ1) is 9.58. The van der Waals surface area contributed by atoms with Crippen molar-refractivity contribution >= 4 is 11.9 Å². The van der Waals surface area contributed by atoms with E-state index >= 15 is 0 Å².